The Labute approximate surface area is 112 Å². The quantitative estimate of drug-likeness (QED) is 0.679. The van der Waals surface area contributed by atoms with Crippen LogP contribution in [0.25, 0.3) is 0 Å². The van der Waals surface area contributed by atoms with Gasteiger partial charge in [0.15, 0.2) is 6.23 Å². The average Bonchev–Trinajstić information content (AvgIpc) is 2.67. The number of hydrogen-bond acceptors (Lipinski definition) is 6. The summed E-state index contributed by atoms with van der Waals surface area (Å²) in [7, 11) is 0. The van der Waals surface area contributed by atoms with Gasteiger partial charge in [0.1, 0.15) is 11.9 Å². The van der Waals surface area contributed by atoms with E-state index in [1.807, 2.05) is 0 Å². The number of halogens is 2. The smallest absolute Gasteiger partial charge is 0.351 e. The molecule has 1 aliphatic rings. The molecule has 0 bridgehead atoms. The van der Waals surface area contributed by atoms with Gasteiger partial charge < -0.3 is 20.7 Å². The first-order valence-electron chi connectivity index (χ1n) is 6.03. The molecule has 0 radical (unpaired) electrons. The van der Waals surface area contributed by atoms with Crippen molar-refractivity contribution in [3.8, 4) is 0 Å². The number of anilines is 1. The maximum absolute atomic E-state index is 13.0. The number of nitrogen functional groups attached to an aromatic ring is 1. The number of nitrogens with zero attached hydrogens (tertiary/aromatic N) is 2. The zero-order valence-corrected chi connectivity index (χ0v) is 10.4. The van der Waals surface area contributed by atoms with Gasteiger partial charge in [0.05, 0.1) is 12.0 Å². The van der Waals surface area contributed by atoms with Gasteiger partial charge in [-0.15, -0.1) is 0 Å². The van der Waals surface area contributed by atoms with E-state index in [-0.39, 0.29) is 18.8 Å². The summed E-state index contributed by atoms with van der Waals surface area (Å²) in [6, 6.07) is 1.30. The Kier molecular flexibility index (Phi) is 4.31. The molecule has 2 heterocycles. The van der Waals surface area contributed by atoms with E-state index in [0.29, 0.717) is 0 Å². The molecule has 7 nitrogen and oxygen atoms in total. The molecular formula is C11H15F2N3O4. The van der Waals surface area contributed by atoms with Gasteiger partial charge in [-0.1, -0.05) is 0 Å². The summed E-state index contributed by atoms with van der Waals surface area (Å²) >= 11 is 0. The maximum atomic E-state index is 13.0. The van der Waals surface area contributed by atoms with Crippen LogP contribution in [0, 0.1) is 5.92 Å². The largest absolute Gasteiger partial charge is 0.396 e. The fourth-order valence-electron chi connectivity index (χ4n) is 2.31. The van der Waals surface area contributed by atoms with E-state index in [1.54, 1.807) is 0 Å². The number of hydrogen-bond donors (Lipinski definition) is 3. The van der Waals surface area contributed by atoms with Gasteiger partial charge in [-0.3, -0.25) is 4.57 Å². The highest BCUT2D eigenvalue weighted by molar-refractivity contribution is 5.23. The second kappa shape index (κ2) is 5.81. The lowest BCUT2D eigenvalue weighted by molar-refractivity contribution is -0.0452. The van der Waals surface area contributed by atoms with Crippen LogP contribution in [0.3, 0.4) is 0 Å². The summed E-state index contributed by atoms with van der Waals surface area (Å²) in [5.41, 5.74) is 4.53. The topological polar surface area (TPSA) is 111 Å². The lowest BCUT2D eigenvalue weighted by Gasteiger charge is -2.18. The van der Waals surface area contributed by atoms with Crippen molar-refractivity contribution in [3.63, 3.8) is 0 Å². The van der Waals surface area contributed by atoms with Crippen LogP contribution in [0.5, 0.6) is 0 Å². The Morgan fingerprint density at radius 3 is 2.80 bits per heavy atom. The summed E-state index contributed by atoms with van der Waals surface area (Å²) in [6.07, 6.45) is -5.54. The van der Waals surface area contributed by atoms with Crippen molar-refractivity contribution < 1.29 is 23.7 Å². The number of aliphatic hydroxyl groups is 2. The van der Waals surface area contributed by atoms with Crippen molar-refractivity contribution in [2.75, 3.05) is 12.3 Å². The molecule has 1 saturated heterocycles. The number of aliphatic hydroxyl groups excluding tert-OH is 2. The van der Waals surface area contributed by atoms with Crippen LogP contribution in [0.15, 0.2) is 17.1 Å². The number of aromatic nitrogens is 2. The van der Waals surface area contributed by atoms with Crippen LogP contribution in [-0.4, -0.2) is 45.0 Å². The molecule has 4 atom stereocenters. The van der Waals surface area contributed by atoms with Gasteiger partial charge in [0.25, 0.3) is 0 Å². The number of alkyl halides is 2. The van der Waals surface area contributed by atoms with Crippen LogP contribution in [0.2, 0.25) is 0 Å². The summed E-state index contributed by atoms with van der Waals surface area (Å²) in [6.45, 7) is -0.359. The van der Waals surface area contributed by atoms with Crippen molar-refractivity contribution in [1.82, 2.24) is 9.55 Å². The normalized spacial score (nSPS) is 30.1. The number of rotatable bonds is 4. The molecule has 112 valence electrons. The first-order chi connectivity index (χ1) is 9.45. The standard InChI is InChI=1S/C11H15F2N3O4/c12-9(13)7-5(2-4-17)20-10(8(7)18)16-3-1-6(14)15-11(16)19/h1,3,5,7-10,17-18H,2,4H2,(H2,14,15,19)/t5-,7-,8-,10-/m1/s1. The third kappa shape index (κ3) is 2.65. The molecule has 9 heteroatoms. The Bertz CT molecular complexity index is 525. The minimum atomic E-state index is -2.83. The molecule has 0 spiro atoms. The molecule has 0 saturated carbocycles. The summed E-state index contributed by atoms with van der Waals surface area (Å²) in [5.74, 6) is -1.49. The lowest BCUT2D eigenvalue weighted by atomic mass is 9.96. The summed E-state index contributed by atoms with van der Waals surface area (Å²) in [4.78, 5) is 15.1. The van der Waals surface area contributed by atoms with Gasteiger partial charge in [-0.05, 0) is 12.5 Å². The minimum absolute atomic E-state index is 0.0175. The zero-order valence-electron chi connectivity index (χ0n) is 10.4. The molecule has 1 aliphatic heterocycles. The second-order valence-corrected chi connectivity index (χ2v) is 4.52. The highest BCUT2D eigenvalue weighted by Crippen LogP contribution is 2.38. The van der Waals surface area contributed by atoms with E-state index in [0.717, 1.165) is 4.57 Å². The molecule has 1 aromatic heterocycles. The predicted molar refractivity (Wildman–Crippen MR) is 64.0 cm³/mol. The van der Waals surface area contributed by atoms with Crippen molar-refractivity contribution in [2.24, 2.45) is 5.92 Å². The first-order valence-corrected chi connectivity index (χ1v) is 6.03. The van der Waals surface area contributed by atoms with E-state index in [4.69, 9.17) is 15.6 Å². The molecule has 0 aromatic carbocycles. The van der Waals surface area contributed by atoms with Crippen LogP contribution >= 0.6 is 0 Å². The van der Waals surface area contributed by atoms with Crippen LogP contribution in [0.1, 0.15) is 12.6 Å². The molecule has 0 unspecified atom stereocenters. The second-order valence-electron chi connectivity index (χ2n) is 4.52. The van der Waals surface area contributed by atoms with E-state index in [1.165, 1.54) is 12.3 Å². The molecule has 0 amide bonds. The van der Waals surface area contributed by atoms with Crippen molar-refractivity contribution in [2.45, 2.75) is 31.3 Å². The van der Waals surface area contributed by atoms with Gasteiger partial charge in [-0.25, -0.2) is 13.6 Å². The maximum Gasteiger partial charge on any atom is 0.351 e. The average molecular weight is 291 g/mol. The summed E-state index contributed by atoms with van der Waals surface area (Å²) in [5, 5.41) is 18.8. The first kappa shape index (κ1) is 14.8. The zero-order chi connectivity index (χ0) is 14.9. The van der Waals surface area contributed by atoms with Crippen molar-refractivity contribution >= 4 is 5.82 Å². The van der Waals surface area contributed by atoms with Crippen LogP contribution in [0.4, 0.5) is 14.6 Å². The Hall–Kier alpha value is -1.58. The third-order valence-electron chi connectivity index (χ3n) is 3.26. The van der Waals surface area contributed by atoms with E-state index in [9.17, 15) is 18.7 Å². The highest BCUT2D eigenvalue weighted by atomic mass is 19.3. The van der Waals surface area contributed by atoms with Crippen molar-refractivity contribution in [1.29, 1.82) is 0 Å². The van der Waals surface area contributed by atoms with Gasteiger partial charge in [0, 0.05) is 12.8 Å². The molecule has 20 heavy (non-hydrogen) atoms. The number of ether oxygens (including phenoxy) is 1. The third-order valence-corrected chi connectivity index (χ3v) is 3.26. The van der Waals surface area contributed by atoms with E-state index in [2.05, 4.69) is 4.98 Å². The lowest BCUT2D eigenvalue weighted by Crippen LogP contribution is -2.35. The summed E-state index contributed by atoms with van der Waals surface area (Å²) < 4.78 is 32.1. The van der Waals surface area contributed by atoms with Gasteiger partial charge in [0.2, 0.25) is 6.43 Å². The Morgan fingerprint density at radius 1 is 1.55 bits per heavy atom. The molecule has 0 aliphatic carbocycles. The van der Waals surface area contributed by atoms with E-state index < -0.39 is 36.5 Å². The fourth-order valence-corrected chi connectivity index (χ4v) is 2.31. The highest BCUT2D eigenvalue weighted by Gasteiger charge is 2.49. The fraction of sp³-hybridized carbons (Fsp3) is 0.636. The Morgan fingerprint density at radius 2 is 2.25 bits per heavy atom. The molecular weight excluding hydrogens is 276 g/mol. The molecule has 2 rings (SSSR count). The van der Waals surface area contributed by atoms with Gasteiger partial charge in [-0.2, -0.15) is 4.98 Å². The minimum Gasteiger partial charge on any atom is -0.396 e. The monoisotopic (exact) mass is 291 g/mol. The van der Waals surface area contributed by atoms with Crippen molar-refractivity contribution in [3.05, 3.63) is 22.7 Å². The molecule has 1 fully saturated rings. The molecule has 4 N–H and O–H groups in total. The predicted octanol–water partition coefficient (Wildman–Crippen LogP) is -0.653. The van der Waals surface area contributed by atoms with Crippen LogP contribution < -0.4 is 11.4 Å². The van der Waals surface area contributed by atoms with Gasteiger partial charge >= 0.3 is 5.69 Å². The van der Waals surface area contributed by atoms with E-state index >= 15 is 0 Å². The van der Waals surface area contributed by atoms with Crippen LogP contribution in [-0.2, 0) is 4.74 Å². The molecule has 1 aromatic rings. The SMILES string of the molecule is Nc1ccn([C@@H]2O[C@H](CCO)[C@@H](C(F)F)[C@H]2O)c(=O)n1. The Balaban J connectivity index is 2.31. The number of nitrogens with two attached hydrogens (primary N) is 1.